The molecule has 0 unspecified atom stereocenters. The fourth-order valence-electron chi connectivity index (χ4n) is 3.07. The normalized spacial score (nSPS) is 10.5. The Hall–Kier alpha value is -5.95. The number of hydrogen-bond donors (Lipinski definition) is 0. The summed E-state index contributed by atoms with van der Waals surface area (Å²) in [6.45, 7) is 0. The fourth-order valence-corrected chi connectivity index (χ4v) is 3.07. The predicted molar refractivity (Wildman–Crippen MR) is 109 cm³/mol. The van der Waals surface area contributed by atoms with E-state index < -0.39 is 80.5 Å². The van der Waals surface area contributed by atoms with Crippen LogP contribution in [0, 0.1) is 60.7 Å². The van der Waals surface area contributed by atoms with Crippen molar-refractivity contribution in [3.63, 3.8) is 0 Å². The van der Waals surface area contributed by atoms with Crippen molar-refractivity contribution in [2.45, 2.75) is 0 Å². The molecule has 20 nitrogen and oxygen atoms in total. The van der Waals surface area contributed by atoms with Crippen LogP contribution >= 0.6 is 0 Å². The Morgan fingerprint density at radius 2 is 0.943 bits per heavy atom. The van der Waals surface area contributed by atoms with Gasteiger partial charge in [0.1, 0.15) is 5.56 Å². The van der Waals surface area contributed by atoms with Gasteiger partial charge in [-0.2, -0.15) is 5.10 Å². The Bertz CT molecular complexity index is 1300. The first-order chi connectivity index (χ1) is 16.3. The Kier molecular flexibility index (Phi) is 5.78. The molecule has 0 atom stereocenters. The van der Waals surface area contributed by atoms with Gasteiger partial charge in [-0.1, -0.05) is 0 Å². The molecule has 0 N–H and O–H groups in total. The highest BCUT2D eigenvalue weighted by atomic mass is 16.6. The van der Waals surface area contributed by atoms with Crippen LogP contribution in [0.5, 0.6) is 0 Å². The van der Waals surface area contributed by atoms with E-state index in [1.807, 2.05) is 0 Å². The molecule has 0 aliphatic heterocycles. The lowest BCUT2D eigenvalue weighted by atomic mass is 10.0. The van der Waals surface area contributed by atoms with E-state index in [1.165, 1.54) is 0 Å². The lowest BCUT2D eigenvalue weighted by Gasteiger charge is -2.05. The second-order valence-electron chi connectivity index (χ2n) is 6.41. The van der Waals surface area contributed by atoms with Crippen molar-refractivity contribution in [3.8, 4) is 16.8 Å². The Morgan fingerprint density at radius 3 is 1.29 bits per heavy atom. The smallest absolute Gasteiger partial charge is 0.258 e. The molecule has 0 radical (unpaired) electrons. The molecule has 0 amide bonds. The molecule has 0 saturated carbocycles. The maximum absolute atomic E-state index is 11.5. The summed E-state index contributed by atoms with van der Waals surface area (Å²) in [7, 11) is 0. The van der Waals surface area contributed by atoms with Crippen molar-refractivity contribution in [2.75, 3.05) is 0 Å². The summed E-state index contributed by atoms with van der Waals surface area (Å²) in [6, 6.07) is 1.72. The first-order valence-electron chi connectivity index (χ1n) is 8.61. The fraction of sp³-hybridized carbons (Fsp3) is 0. The summed E-state index contributed by atoms with van der Waals surface area (Å²) in [6.07, 6.45) is 1.46. The van der Waals surface area contributed by atoms with Gasteiger partial charge in [-0.15, -0.1) is 0 Å². The molecule has 0 saturated heterocycles. The standard InChI is InChI=1S/C15H6N8O12/c24-18(25)8-1-10(20(28)29)14(11(2-8)21(30)31)7-5-16-17(6-7)15-12(22(32)33)3-9(19(26)27)4-13(15)23(34)35/h1-6H. The molecule has 20 heteroatoms. The lowest BCUT2D eigenvalue weighted by Crippen LogP contribution is -2.06. The topological polar surface area (TPSA) is 277 Å². The number of nitrogens with zero attached hydrogens (tertiary/aromatic N) is 8. The zero-order valence-corrected chi connectivity index (χ0v) is 16.4. The maximum atomic E-state index is 11.5. The van der Waals surface area contributed by atoms with Crippen LogP contribution in [0.1, 0.15) is 0 Å². The van der Waals surface area contributed by atoms with Gasteiger partial charge in [-0.25, -0.2) is 4.68 Å². The van der Waals surface area contributed by atoms with Gasteiger partial charge in [0, 0.05) is 11.8 Å². The van der Waals surface area contributed by atoms with Crippen molar-refractivity contribution in [1.29, 1.82) is 0 Å². The van der Waals surface area contributed by atoms with Crippen molar-refractivity contribution in [2.24, 2.45) is 0 Å². The Morgan fingerprint density at radius 1 is 0.571 bits per heavy atom. The third-order valence-electron chi connectivity index (χ3n) is 4.44. The highest BCUT2D eigenvalue weighted by Gasteiger charge is 2.35. The highest BCUT2D eigenvalue weighted by molar-refractivity contribution is 5.84. The van der Waals surface area contributed by atoms with Gasteiger partial charge in [-0.3, -0.25) is 60.7 Å². The molecule has 3 aromatic rings. The average Bonchev–Trinajstić information content (AvgIpc) is 3.26. The monoisotopic (exact) mass is 490 g/mol. The number of hydrogen-bond acceptors (Lipinski definition) is 13. The third kappa shape index (κ3) is 4.23. The highest BCUT2D eigenvalue weighted by Crippen LogP contribution is 2.42. The molecule has 0 bridgehead atoms. The first kappa shape index (κ1) is 23.7. The van der Waals surface area contributed by atoms with E-state index in [1.54, 1.807) is 0 Å². The molecule has 0 aliphatic rings. The Labute approximate surface area is 188 Å². The first-order valence-corrected chi connectivity index (χ1v) is 8.61. The summed E-state index contributed by atoms with van der Waals surface area (Å²) in [5, 5.41) is 71.7. The van der Waals surface area contributed by atoms with Gasteiger partial charge in [0.05, 0.1) is 60.0 Å². The Balaban J connectivity index is 2.36. The third-order valence-corrected chi connectivity index (χ3v) is 4.44. The van der Waals surface area contributed by atoms with Gasteiger partial charge in [0.25, 0.3) is 22.7 Å². The van der Waals surface area contributed by atoms with Crippen molar-refractivity contribution in [1.82, 2.24) is 9.78 Å². The summed E-state index contributed by atoms with van der Waals surface area (Å²) in [5.41, 5.74) is -8.51. The molecule has 3 rings (SSSR count). The van der Waals surface area contributed by atoms with E-state index >= 15 is 0 Å². The summed E-state index contributed by atoms with van der Waals surface area (Å²) >= 11 is 0. The number of non-ortho nitro benzene ring substituents is 2. The van der Waals surface area contributed by atoms with Gasteiger partial charge in [0.15, 0.2) is 0 Å². The minimum Gasteiger partial charge on any atom is -0.258 e. The molecule has 0 spiro atoms. The number of rotatable bonds is 8. The van der Waals surface area contributed by atoms with Gasteiger partial charge in [-0.05, 0) is 0 Å². The molecule has 0 aliphatic carbocycles. The minimum absolute atomic E-state index is 0.417. The molecular formula is C15H6N8O12. The van der Waals surface area contributed by atoms with Crippen molar-refractivity contribution >= 4 is 34.1 Å². The zero-order chi connectivity index (χ0) is 26.2. The zero-order valence-electron chi connectivity index (χ0n) is 16.4. The molecule has 35 heavy (non-hydrogen) atoms. The molecule has 178 valence electrons. The number of benzene rings is 2. The molecular weight excluding hydrogens is 484 g/mol. The quantitative estimate of drug-likeness (QED) is 0.324. The van der Waals surface area contributed by atoms with Gasteiger partial charge in [0.2, 0.25) is 5.69 Å². The minimum atomic E-state index is -1.17. The summed E-state index contributed by atoms with van der Waals surface area (Å²) in [4.78, 5) is 61.2. The van der Waals surface area contributed by atoms with Crippen LogP contribution in [0.25, 0.3) is 16.8 Å². The van der Waals surface area contributed by atoms with Crippen molar-refractivity contribution < 1.29 is 29.5 Å². The second kappa shape index (κ2) is 8.53. The van der Waals surface area contributed by atoms with Crippen molar-refractivity contribution in [3.05, 3.63) is 97.3 Å². The SMILES string of the molecule is O=[N+]([O-])c1cc([N+](=O)[O-])c(-c2cnn(-c3c([N+](=O)[O-])cc([N+](=O)[O-])cc3[N+](=O)[O-])c2)c([N+](=O)[O-])c1. The van der Waals surface area contributed by atoms with Crippen LogP contribution in [0.4, 0.5) is 34.1 Å². The van der Waals surface area contributed by atoms with Crippen LogP contribution in [0.3, 0.4) is 0 Å². The maximum Gasteiger partial charge on any atom is 0.308 e. The van der Waals surface area contributed by atoms with E-state index in [-0.39, 0.29) is 0 Å². The van der Waals surface area contributed by atoms with Crippen LogP contribution in [-0.4, -0.2) is 39.3 Å². The summed E-state index contributed by atoms with van der Waals surface area (Å²) in [5.74, 6) is 0. The van der Waals surface area contributed by atoms with Gasteiger partial charge < -0.3 is 0 Å². The second-order valence-corrected chi connectivity index (χ2v) is 6.41. The molecule has 0 fully saturated rings. The molecule has 2 aromatic carbocycles. The largest absolute Gasteiger partial charge is 0.308 e. The van der Waals surface area contributed by atoms with Gasteiger partial charge >= 0.3 is 11.4 Å². The van der Waals surface area contributed by atoms with E-state index in [2.05, 4.69) is 5.10 Å². The number of nitro benzene ring substituents is 6. The molecule has 1 heterocycles. The van der Waals surface area contributed by atoms with Crippen LogP contribution in [0.2, 0.25) is 0 Å². The number of aromatic nitrogens is 2. The number of nitro groups is 6. The van der Waals surface area contributed by atoms with E-state index in [9.17, 15) is 60.7 Å². The van der Waals surface area contributed by atoms with Crippen LogP contribution in [0.15, 0.2) is 36.7 Å². The predicted octanol–water partition coefficient (Wildman–Crippen LogP) is 2.99. The van der Waals surface area contributed by atoms with E-state index in [0.717, 1.165) is 12.4 Å². The average molecular weight is 490 g/mol. The van der Waals surface area contributed by atoms with Crippen LogP contribution < -0.4 is 0 Å². The van der Waals surface area contributed by atoms with Crippen LogP contribution in [-0.2, 0) is 0 Å². The van der Waals surface area contributed by atoms with E-state index in [0.29, 0.717) is 28.9 Å². The lowest BCUT2D eigenvalue weighted by molar-refractivity contribution is -0.403. The van der Waals surface area contributed by atoms with E-state index in [4.69, 9.17) is 0 Å². The molecule has 1 aromatic heterocycles. The summed E-state index contributed by atoms with van der Waals surface area (Å²) < 4.78 is 0.476.